The predicted octanol–water partition coefficient (Wildman–Crippen LogP) is 2.16. The normalized spacial score (nSPS) is 11.1. The molecule has 6 nitrogen and oxygen atoms in total. The number of aromatic nitrogens is 5. The quantitative estimate of drug-likeness (QED) is 0.732. The van der Waals surface area contributed by atoms with Gasteiger partial charge in [0.15, 0.2) is 11.5 Å². The maximum Gasteiger partial charge on any atom is 0.226 e. The fourth-order valence-corrected chi connectivity index (χ4v) is 2.12. The molecule has 0 aliphatic carbocycles. The summed E-state index contributed by atoms with van der Waals surface area (Å²) in [5, 5.41) is 0.715. The van der Waals surface area contributed by atoms with Crippen LogP contribution in [-0.2, 0) is 6.54 Å². The summed E-state index contributed by atoms with van der Waals surface area (Å²) in [5.74, 6) is 0.257. The minimum atomic E-state index is 0.0887. The average molecular weight is 295 g/mol. The molecule has 0 bridgehead atoms. The largest absolute Gasteiger partial charge is 0.382 e. The number of nitrogens with two attached hydrogens (primary N) is 1. The van der Waals surface area contributed by atoms with Gasteiger partial charge in [-0.25, -0.2) is 4.98 Å². The number of rotatable bonds is 2. The van der Waals surface area contributed by atoms with Crippen molar-refractivity contribution in [2.75, 3.05) is 5.73 Å². The summed E-state index contributed by atoms with van der Waals surface area (Å²) in [4.78, 5) is 16.4. The molecular weight excluding hydrogens is 287 g/mol. The second-order valence-corrected chi connectivity index (χ2v) is 4.66. The number of hydrogen-bond acceptors (Lipinski definition) is 5. The van der Waals surface area contributed by atoms with Crippen molar-refractivity contribution in [1.82, 2.24) is 24.5 Å². The van der Waals surface area contributed by atoms with E-state index in [1.165, 1.54) is 0 Å². The van der Waals surface area contributed by atoms with Crippen LogP contribution in [0.15, 0.2) is 24.7 Å². The molecule has 0 radical (unpaired) electrons. The van der Waals surface area contributed by atoms with Crippen LogP contribution in [0.25, 0.3) is 11.2 Å². The van der Waals surface area contributed by atoms with E-state index in [4.69, 9.17) is 28.9 Å². The van der Waals surface area contributed by atoms with E-state index in [2.05, 4.69) is 19.9 Å². The fourth-order valence-electron chi connectivity index (χ4n) is 1.76. The molecule has 3 rings (SSSR count). The summed E-state index contributed by atoms with van der Waals surface area (Å²) in [5.41, 5.74) is 7.62. The summed E-state index contributed by atoms with van der Waals surface area (Å²) < 4.78 is 1.79. The van der Waals surface area contributed by atoms with Crippen LogP contribution in [0, 0.1) is 0 Å². The Morgan fingerprint density at radius 1 is 1.21 bits per heavy atom. The van der Waals surface area contributed by atoms with Gasteiger partial charge in [-0.2, -0.15) is 9.97 Å². The lowest BCUT2D eigenvalue weighted by molar-refractivity contribution is 0.788. The van der Waals surface area contributed by atoms with E-state index in [1.54, 1.807) is 29.2 Å². The van der Waals surface area contributed by atoms with E-state index in [0.29, 0.717) is 22.7 Å². The Morgan fingerprint density at radius 3 is 2.84 bits per heavy atom. The molecule has 0 saturated heterocycles. The average Bonchev–Trinajstić information content (AvgIpc) is 2.73. The zero-order chi connectivity index (χ0) is 13.4. The molecule has 0 aromatic carbocycles. The number of hydrogen-bond donors (Lipinski definition) is 1. The van der Waals surface area contributed by atoms with Crippen LogP contribution in [0.2, 0.25) is 10.3 Å². The Labute approximate surface area is 118 Å². The molecule has 3 aromatic rings. The number of nitrogen functional groups attached to an aromatic ring is 1. The summed E-state index contributed by atoms with van der Waals surface area (Å²) in [6.45, 7) is 0.476. The SMILES string of the molecule is Nc1nc(Cl)nc2c1ncn2Cc1cc(Cl)ccn1. The Bertz CT molecular complexity index is 754. The number of imidazole rings is 1. The molecule has 0 amide bonds. The van der Waals surface area contributed by atoms with E-state index in [-0.39, 0.29) is 11.1 Å². The zero-order valence-corrected chi connectivity index (χ0v) is 11.1. The minimum Gasteiger partial charge on any atom is -0.382 e. The smallest absolute Gasteiger partial charge is 0.226 e. The van der Waals surface area contributed by atoms with Crippen LogP contribution in [0.4, 0.5) is 5.82 Å². The first-order chi connectivity index (χ1) is 9.13. The Kier molecular flexibility index (Phi) is 2.96. The monoisotopic (exact) mass is 294 g/mol. The molecule has 19 heavy (non-hydrogen) atoms. The highest BCUT2D eigenvalue weighted by molar-refractivity contribution is 6.30. The second kappa shape index (κ2) is 4.64. The van der Waals surface area contributed by atoms with Gasteiger partial charge in [-0.1, -0.05) is 11.6 Å². The van der Waals surface area contributed by atoms with Crippen LogP contribution in [-0.4, -0.2) is 24.5 Å². The van der Waals surface area contributed by atoms with Gasteiger partial charge in [0.2, 0.25) is 5.28 Å². The first kappa shape index (κ1) is 12.1. The van der Waals surface area contributed by atoms with Gasteiger partial charge in [0.25, 0.3) is 0 Å². The topological polar surface area (TPSA) is 82.5 Å². The lowest BCUT2D eigenvalue weighted by Crippen LogP contribution is -2.02. The lowest BCUT2D eigenvalue weighted by atomic mass is 10.3. The van der Waals surface area contributed by atoms with Gasteiger partial charge >= 0.3 is 0 Å². The van der Waals surface area contributed by atoms with Crippen LogP contribution in [0.1, 0.15) is 5.69 Å². The molecule has 0 aliphatic heterocycles. The molecule has 0 spiro atoms. The number of fused-ring (bicyclic) bond motifs is 1. The molecule has 0 fully saturated rings. The van der Waals surface area contributed by atoms with E-state index in [9.17, 15) is 0 Å². The molecule has 2 N–H and O–H groups in total. The summed E-state index contributed by atoms with van der Waals surface area (Å²) >= 11 is 11.7. The van der Waals surface area contributed by atoms with Crippen LogP contribution in [0.3, 0.4) is 0 Å². The molecule has 0 unspecified atom stereocenters. The molecular formula is C11H8Cl2N6. The van der Waals surface area contributed by atoms with Gasteiger partial charge in [-0.05, 0) is 23.7 Å². The predicted molar refractivity (Wildman–Crippen MR) is 73.1 cm³/mol. The van der Waals surface area contributed by atoms with Crippen molar-refractivity contribution in [3.05, 3.63) is 40.7 Å². The lowest BCUT2D eigenvalue weighted by Gasteiger charge is -2.04. The van der Waals surface area contributed by atoms with Gasteiger partial charge in [0.05, 0.1) is 18.6 Å². The van der Waals surface area contributed by atoms with E-state index in [0.717, 1.165) is 5.69 Å². The minimum absolute atomic E-state index is 0.0887. The summed E-state index contributed by atoms with van der Waals surface area (Å²) in [7, 11) is 0. The van der Waals surface area contributed by atoms with E-state index >= 15 is 0 Å². The molecule has 0 aliphatic rings. The van der Waals surface area contributed by atoms with Crippen molar-refractivity contribution in [3.63, 3.8) is 0 Å². The molecule has 3 heterocycles. The fraction of sp³-hybridized carbons (Fsp3) is 0.0909. The summed E-state index contributed by atoms with van der Waals surface area (Å²) in [6.07, 6.45) is 3.27. The standard InChI is InChI=1S/C11H8Cl2N6/c12-6-1-2-15-7(3-6)4-19-5-16-8-9(14)17-11(13)18-10(8)19/h1-3,5H,4H2,(H2,14,17,18). The third kappa shape index (κ3) is 2.32. The Morgan fingerprint density at radius 2 is 2.05 bits per heavy atom. The van der Waals surface area contributed by atoms with Crippen molar-refractivity contribution in [3.8, 4) is 0 Å². The van der Waals surface area contributed by atoms with Gasteiger partial charge in [0.1, 0.15) is 5.52 Å². The molecule has 96 valence electrons. The van der Waals surface area contributed by atoms with Crippen LogP contribution < -0.4 is 5.73 Å². The third-order valence-electron chi connectivity index (χ3n) is 2.57. The van der Waals surface area contributed by atoms with Gasteiger partial charge in [-0.3, -0.25) is 4.98 Å². The van der Waals surface area contributed by atoms with Crippen molar-refractivity contribution < 1.29 is 0 Å². The van der Waals surface area contributed by atoms with Crippen molar-refractivity contribution >= 4 is 40.2 Å². The Hall–Kier alpha value is -1.92. The molecule has 0 atom stereocenters. The Balaban J connectivity index is 2.06. The van der Waals surface area contributed by atoms with Crippen molar-refractivity contribution in [1.29, 1.82) is 0 Å². The highest BCUT2D eigenvalue weighted by Gasteiger charge is 2.11. The van der Waals surface area contributed by atoms with Crippen molar-refractivity contribution in [2.45, 2.75) is 6.54 Å². The first-order valence-corrected chi connectivity index (χ1v) is 6.13. The zero-order valence-electron chi connectivity index (χ0n) is 9.59. The van der Waals surface area contributed by atoms with E-state index < -0.39 is 0 Å². The highest BCUT2D eigenvalue weighted by Crippen LogP contribution is 2.19. The maximum atomic E-state index is 5.92. The van der Waals surface area contributed by atoms with Gasteiger partial charge in [-0.15, -0.1) is 0 Å². The van der Waals surface area contributed by atoms with Crippen LogP contribution in [0.5, 0.6) is 0 Å². The first-order valence-electron chi connectivity index (χ1n) is 5.38. The second-order valence-electron chi connectivity index (χ2n) is 3.89. The van der Waals surface area contributed by atoms with E-state index in [1.807, 2.05) is 0 Å². The maximum absolute atomic E-state index is 5.92. The molecule has 0 saturated carbocycles. The summed E-state index contributed by atoms with van der Waals surface area (Å²) in [6, 6.07) is 3.49. The number of pyridine rings is 1. The third-order valence-corrected chi connectivity index (χ3v) is 2.98. The van der Waals surface area contributed by atoms with Crippen molar-refractivity contribution in [2.24, 2.45) is 0 Å². The highest BCUT2D eigenvalue weighted by atomic mass is 35.5. The van der Waals surface area contributed by atoms with Gasteiger partial charge in [0, 0.05) is 11.2 Å². The number of anilines is 1. The molecule has 3 aromatic heterocycles. The van der Waals surface area contributed by atoms with Crippen LogP contribution >= 0.6 is 23.2 Å². The number of halogens is 2. The molecule has 8 heteroatoms. The van der Waals surface area contributed by atoms with Gasteiger partial charge < -0.3 is 10.3 Å². The number of nitrogens with zero attached hydrogens (tertiary/aromatic N) is 5.